The van der Waals surface area contributed by atoms with Crippen molar-refractivity contribution in [3.63, 3.8) is 0 Å². The first kappa shape index (κ1) is 18.5. The molecule has 0 aliphatic heterocycles. The lowest BCUT2D eigenvalue weighted by Crippen LogP contribution is -2.13. The molecule has 0 aliphatic carbocycles. The van der Waals surface area contributed by atoms with Crippen LogP contribution in [0.2, 0.25) is 0 Å². The third-order valence-corrected chi connectivity index (χ3v) is 5.95. The number of carbonyl (C=O) groups is 2. The maximum Gasteiger partial charge on any atom is 0.257 e. The molecule has 3 rings (SSSR count). The fourth-order valence-electron chi connectivity index (χ4n) is 1.97. The van der Waals surface area contributed by atoms with Crippen molar-refractivity contribution >= 4 is 56.5 Å². The molecular formula is C16H15N5O2S3. The van der Waals surface area contributed by atoms with Crippen molar-refractivity contribution in [3.05, 3.63) is 46.5 Å². The Labute approximate surface area is 162 Å². The first-order chi connectivity index (χ1) is 12.5. The summed E-state index contributed by atoms with van der Waals surface area (Å²) in [6.07, 6.45) is 0. The highest BCUT2D eigenvalue weighted by Gasteiger charge is 2.12. The predicted octanol–water partition coefficient (Wildman–Crippen LogP) is 3.59. The molecule has 2 aromatic heterocycles. The Hall–Kier alpha value is -2.30. The molecule has 0 fully saturated rings. The molecule has 0 atom stereocenters. The van der Waals surface area contributed by atoms with Gasteiger partial charge in [-0.25, -0.2) is 4.98 Å². The van der Waals surface area contributed by atoms with Crippen molar-refractivity contribution in [3.8, 4) is 0 Å². The molecule has 3 aromatic rings. The van der Waals surface area contributed by atoms with Gasteiger partial charge in [0.1, 0.15) is 0 Å². The molecular weight excluding hydrogens is 390 g/mol. The Morgan fingerprint density at radius 1 is 1.15 bits per heavy atom. The van der Waals surface area contributed by atoms with Gasteiger partial charge in [-0.2, -0.15) is 0 Å². The number of nitrogens with zero attached hydrogens (tertiary/aromatic N) is 3. The van der Waals surface area contributed by atoms with E-state index in [1.165, 1.54) is 34.4 Å². The van der Waals surface area contributed by atoms with Crippen LogP contribution in [0.3, 0.4) is 0 Å². The van der Waals surface area contributed by atoms with E-state index in [0.717, 1.165) is 11.3 Å². The summed E-state index contributed by atoms with van der Waals surface area (Å²) in [4.78, 5) is 28.3. The van der Waals surface area contributed by atoms with Crippen LogP contribution in [0.4, 0.5) is 10.3 Å². The predicted molar refractivity (Wildman–Crippen MR) is 105 cm³/mol. The number of hydrogen-bond acceptors (Lipinski definition) is 8. The number of carbonyl (C=O) groups excluding carboxylic acids is 2. The monoisotopic (exact) mass is 405 g/mol. The molecule has 1 aromatic carbocycles. The number of anilines is 2. The average Bonchev–Trinajstić information content (AvgIpc) is 3.22. The second kappa shape index (κ2) is 8.39. The second-order valence-corrected chi connectivity index (χ2v) is 8.39. The maximum atomic E-state index is 12.2. The quantitative estimate of drug-likeness (QED) is 0.480. The van der Waals surface area contributed by atoms with Crippen LogP contribution in [0.1, 0.15) is 21.6 Å². The maximum absolute atomic E-state index is 12.2. The topological polar surface area (TPSA) is 96.9 Å². The summed E-state index contributed by atoms with van der Waals surface area (Å²) in [5.41, 5.74) is 2.44. The molecule has 26 heavy (non-hydrogen) atoms. The standard InChI is InChI=1S/C16H15N5O2S3/c1-9-4-3-5-11(6-9)13(23)19-15-20-21-16(26-15)25-8-12(22)18-14-17-10(2)7-24-14/h3-7H,8H2,1-2H3,(H,17,18,22)(H,19,20,23). The van der Waals surface area contributed by atoms with Gasteiger partial charge in [-0.1, -0.05) is 40.8 Å². The minimum absolute atomic E-state index is 0.162. The van der Waals surface area contributed by atoms with Crippen LogP contribution in [-0.2, 0) is 4.79 Å². The van der Waals surface area contributed by atoms with Gasteiger partial charge in [0.25, 0.3) is 5.91 Å². The summed E-state index contributed by atoms with van der Waals surface area (Å²) >= 11 is 3.87. The van der Waals surface area contributed by atoms with Gasteiger partial charge in [-0.15, -0.1) is 21.5 Å². The fraction of sp³-hybridized carbons (Fsp3) is 0.188. The van der Waals surface area contributed by atoms with Crippen molar-refractivity contribution in [2.75, 3.05) is 16.4 Å². The zero-order valence-electron chi connectivity index (χ0n) is 14.0. The third kappa shape index (κ3) is 5.10. The smallest absolute Gasteiger partial charge is 0.257 e. The molecule has 2 N–H and O–H groups in total. The van der Waals surface area contributed by atoms with Gasteiger partial charge in [-0.3, -0.25) is 14.9 Å². The van der Waals surface area contributed by atoms with Crippen LogP contribution >= 0.6 is 34.4 Å². The van der Waals surface area contributed by atoms with Gasteiger partial charge in [0.05, 0.1) is 11.4 Å². The van der Waals surface area contributed by atoms with Gasteiger partial charge >= 0.3 is 0 Å². The van der Waals surface area contributed by atoms with E-state index >= 15 is 0 Å². The third-order valence-electron chi connectivity index (χ3n) is 3.10. The number of hydrogen-bond donors (Lipinski definition) is 2. The summed E-state index contributed by atoms with van der Waals surface area (Å²) in [6.45, 7) is 3.79. The molecule has 0 saturated carbocycles. The van der Waals surface area contributed by atoms with Gasteiger partial charge in [0, 0.05) is 10.9 Å². The largest absolute Gasteiger partial charge is 0.301 e. The molecule has 0 bridgehead atoms. The Kier molecular flexibility index (Phi) is 5.96. The Balaban J connectivity index is 1.51. The number of aryl methyl sites for hydroxylation is 2. The Morgan fingerprint density at radius 2 is 2.00 bits per heavy atom. The molecule has 10 heteroatoms. The van der Waals surface area contributed by atoms with Crippen LogP contribution in [0, 0.1) is 13.8 Å². The molecule has 0 radical (unpaired) electrons. The number of rotatable bonds is 6. The number of thioether (sulfide) groups is 1. The highest BCUT2D eigenvalue weighted by molar-refractivity contribution is 8.01. The zero-order valence-corrected chi connectivity index (χ0v) is 16.4. The number of amides is 2. The molecule has 0 aliphatic rings. The molecule has 7 nitrogen and oxygen atoms in total. The molecule has 2 amide bonds. The van der Waals surface area contributed by atoms with E-state index in [4.69, 9.17) is 0 Å². The molecule has 2 heterocycles. The summed E-state index contributed by atoms with van der Waals surface area (Å²) in [7, 11) is 0. The molecule has 0 unspecified atom stereocenters. The first-order valence-electron chi connectivity index (χ1n) is 7.56. The van der Waals surface area contributed by atoms with E-state index < -0.39 is 0 Å². The SMILES string of the molecule is Cc1cccc(C(=O)Nc2nnc(SCC(=O)Nc3nc(C)cs3)s2)c1. The lowest BCUT2D eigenvalue weighted by Gasteiger charge is -2.01. The van der Waals surface area contributed by atoms with Crippen LogP contribution in [-0.4, -0.2) is 32.7 Å². The minimum Gasteiger partial charge on any atom is -0.301 e. The summed E-state index contributed by atoms with van der Waals surface area (Å²) in [5.74, 6) is -0.206. The number of aromatic nitrogens is 3. The average molecular weight is 406 g/mol. The first-order valence-corrected chi connectivity index (χ1v) is 10.2. The van der Waals surface area contributed by atoms with Crippen molar-refractivity contribution in [2.24, 2.45) is 0 Å². The van der Waals surface area contributed by atoms with Crippen molar-refractivity contribution in [1.29, 1.82) is 0 Å². The van der Waals surface area contributed by atoms with E-state index in [0.29, 0.717) is 20.2 Å². The molecule has 0 saturated heterocycles. The zero-order chi connectivity index (χ0) is 18.5. The van der Waals surface area contributed by atoms with Crippen LogP contribution < -0.4 is 10.6 Å². The van der Waals surface area contributed by atoms with Crippen LogP contribution in [0.5, 0.6) is 0 Å². The summed E-state index contributed by atoms with van der Waals surface area (Å²) in [6, 6.07) is 7.29. The van der Waals surface area contributed by atoms with E-state index in [9.17, 15) is 9.59 Å². The van der Waals surface area contributed by atoms with Gasteiger partial charge in [0.15, 0.2) is 9.47 Å². The highest BCUT2D eigenvalue weighted by atomic mass is 32.2. The van der Waals surface area contributed by atoms with Crippen LogP contribution in [0.15, 0.2) is 34.0 Å². The number of thiazole rings is 1. The van der Waals surface area contributed by atoms with Gasteiger partial charge < -0.3 is 5.32 Å². The minimum atomic E-state index is -0.238. The Bertz CT molecular complexity index is 937. The van der Waals surface area contributed by atoms with Crippen molar-refractivity contribution in [1.82, 2.24) is 15.2 Å². The van der Waals surface area contributed by atoms with E-state index in [2.05, 4.69) is 25.8 Å². The second-order valence-electron chi connectivity index (χ2n) is 5.33. The molecule has 0 spiro atoms. The Morgan fingerprint density at radius 3 is 2.73 bits per heavy atom. The number of nitrogens with one attached hydrogen (secondary N) is 2. The summed E-state index contributed by atoms with van der Waals surface area (Å²) < 4.78 is 0.606. The normalized spacial score (nSPS) is 10.5. The van der Waals surface area contributed by atoms with E-state index in [1.807, 2.05) is 31.4 Å². The van der Waals surface area contributed by atoms with Gasteiger partial charge in [0.2, 0.25) is 11.0 Å². The molecule has 134 valence electrons. The number of benzene rings is 1. The highest BCUT2D eigenvalue weighted by Crippen LogP contribution is 2.26. The van der Waals surface area contributed by atoms with E-state index in [-0.39, 0.29) is 17.6 Å². The lowest BCUT2D eigenvalue weighted by atomic mass is 10.1. The van der Waals surface area contributed by atoms with Crippen molar-refractivity contribution in [2.45, 2.75) is 18.2 Å². The van der Waals surface area contributed by atoms with Crippen molar-refractivity contribution < 1.29 is 9.59 Å². The van der Waals surface area contributed by atoms with Crippen LogP contribution in [0.25, 0.3) is 0 Å². The lowest BCUT2D eigenvalue weighted by molar-refractivity contribution is -0.113. The summed E-state index contributed by atoms with van der Waals surface area (Å²) in [5, 5.41) is 16.2. The fourth-order valence-corrected chi connectivity index (χ4v) is 4.22. The van der Waals surface area contributed by atoms with Gasteiger partial charge in [-0.05, 0) is 26.0 Å². The van der Waals surface area contributed by atoms with E-state index in [1.54, 1.807) is 12.1 Å².